The van der Waals surface area contributed by atoms with Crippen LogP contribution in [0.15, 0.2) is 97.6 Å². The molecule has 0 unspecified atom stereocenters. The molecule has 0 saturated carbocycles. The predicted molar refractivity (Wildman–Crippen MR) is 150 cm³/mol. The summed E-state index contributed by atoms with van der Waals surface area (Å²) in [5.41, 5.74) is 8.36. The second-order valence-corrected chi connectivity index (χ2v) is 9.01. The van der Waals surface area contributed by atoms with Crippen LogP contribution in [0.5, 0.6) is 0 Å². The van der Waals surface area contributed by atoms with Crippen molar-refractivity contribution in [3.8, 4) is 16.8 Å². The van der Waals surface area contributed by atoms with Gasteiger partial charge in [-0.1, -0.05) is 87.2 Å². The first kappa shape index (κ1) is 21.4. The number of hydrogen-bond acceptors (Lipinski definition) is 1. The minimum atomic E-state index is 0.883. The van der Waals surface area contributed by atoms with E-state index >= 15 is 0 Å². The summed E-state index contributed by atoms with van der Waals surface area (Å²) in [5, 5.41) is 5.20. The second kappa shape index (κ2) is 8.56. The fraction of sp³-hybridized carbons (Fsp3) is 0.121. The average molecular weight is 453 g/mol. The van der Waals surface area contributed by atoms with E-state index in [0.29, 0.717) is 0 Å². The highest BCUT2D eigenvalue weighted by Crippen LogP contribution is 2.39. The van der Waals surface area contributed by atoms with Crippen molar-refractivity contribution in [2.45, 2.75) is 26.7 Å². The first-order valence-electron chi connectivity index (χ1n) is 12.4. The molecule has 1 heterocycles. The van der Waals surface area contributed by atoms with E-state index in [4.69, 9.17) is 4.98 Å². The summed E-state index contributed by atoms with van der Waals surface area (Å²) in [5.74, 6) is 1.08. The second-order valence-electron chi connectivity index (χ2n) is 9.01. The normalized spacial score (nSPS) is 11.5. The van der Waals surface area contributed by atoms with Crippen LogP contribution in [-0.4, -0.2) is 9.55 Å². The summed E-state index contributed by atoms with van der Waals surface area (Å²) >= 11 is 0. The minimum absolute atomic E-state index is 0.883. The Morgan fingerprint density at radius 1 is 0.800 bits per heavy atom. The molecule has 0 fully saturated rings. The average Bonchev–Trinajstić information content (AvgIpc) is 3.30. The standard InChI is InChI=1S/C33H28N2/c1-4-22-21-29(33-27-12-8-7-11-23(27)17-20-28(33)26(22)5-2)24-15-18-25(19-16-24)35-31-14-10-9-13-30(31)34-32(35)6-3/h4,7-21H,1,5-6H2,2-3H3. The van der Waals surface area contributed by atoms with Gasteiger partial charge in [-0.05, 0) is 80.6 Å². The van der Waals surface area contributed by atoms with Crippen LogP contribution < -0.4 is 0 Å². The van der Waals surface area contributed by atoms with E-state index in [2.05, 4.69) is 116 Å². The third-order valence-corrected chi connectivity index (χ3v) is 7.13. The van der Waals surface area contributed by atoms with Crippen molar-refractivity contribution in [2.24, 2.45) is 0 Å². The van der Waals surface area contributed by atoms with Gasteiger partial charge >= 0.3 is 0 Å². The molecule has 2 heteroatoms. The Morgan fingerprint density at radius 2 is 1.57 bits per heavy atom. The van der Waals surface area contributed by atoms with Gasteiger partial charge in [0.25, 0.3) is 0 Å². The quantitative estimate of drug-likeness (QED) is 0.239. The van der Waals surface area contributed by atoms with Crippen LogP contribution in [0.1, 0.15) is 30.8 Å². The zero-order chi connectivity index (χ0) is 23.9. The molecular weight excluding hydrogens is 424 g/mol. The largest absolute Gasteiger partial charge is 0.296 e. The molecule has 6 rings (SSSR count). The van der Waals surface area contributed by atoms with Gasteiger partial charge in [0.1, 0.15) is 5.82 Å². The van der Waals surface area contributed by atoms with Gasteiger partial charge in [-0.3, -0.25) is 4.57 Å². The van der Waals surface area contributed by atoms with Gasteiger partial charge in [-0.2, -0.15) is 0 Å². The number of fused-ring (bicyclic) bond motifs is 4. The molecule has 2 nitrogen and oxygen atoms in total. The summed E-state index contributed by atoms with van der Waals surface area (Å²) in [6.45, 7) is 8.52. The van der Waals surface area contributed by atoms with Gasteiger partial charge in [0, 0.05) is 12.1 Å². The lowest BCUT2D eigenvalue weighted by Crippen LogP contribution is -2.00. The molecule has 0 aliphatic heterocycles. The summed E-state index contributed by atoms with van der Waals surface area (Å²) in [4.78, 5) is 4.86. The smallest absolute Gasteiger partial charge is 0.114 e. The van der Waals surface area contributed by atoms with E-state index in [1.165, 1.54) is 43.8 Å². The van der Waals surface area contributed by atoms with E-state index in [9.17, 15) is 0 Å². The van der Waals surface area contributed by atoms with Crippen molar-refractivity contribution in [1.82, 2.24) is 9.55 Å². The molecule has 0 bridgehead atoms. The summed E-state index contributed by atoms with van der Waals surface area (Å²) in [7, 11) is 0. The molecule has 0 aliphatic rings. The fourth-order valence-electron chi connectivity index (χ4n) is 5.48. The molecule has 0 atom stereocenters. The van der Waals surface area contributed by atoms with Crippen molar-refractivity contribution >= 4 is 38.7 Å². The first-order valence-corrected chi connectivity index (χ1v) is 12.4. The van der Waals surface area contributed by atoms with Crippen molar-refractivity contribution in [1.29, 1.82) is 0 Å². The third kappa shape index (κ3) is 3.37. The lowest BCUT2D eigenvalue weighted by molar-refractivity contribution is 0.908. The van der Waals surface area contributed by atoms with Crippen LogP contribution in [0.2, 0.25) is 0 Å². The Hall–Kier alpha value is -4.17. The van der Waals surface area contributed by atoms with E-state index < -0.39 is 0 Å². The number of hydrogen-bond donors (Lipinski definition) is 0. The van der Waals surface area contributed by atoms with Crippen LogP contribution >= 0.6 is 0 Å². The van der Waals surface area contributed by atoms with Crippen LogP contribution in [0, 0.1) is 0 Å². The molecule has 0 spiro atoms. The van der Waals surface area contributed by atoms with Crippen molar-refractivity contribution < 1.29 is 0 Å². The summed E-state index contributed by atoms with van der Waals surface area (Å²) in [6, 6.07) is 32.8. The minimum Gasteiger partial charge on any atom is -0.296 e. The zero-order valence-corrected chi connectivity index (χ0v) is 20.3. The van der Waals surface area contributed by atoms with Crippen molar-refractivity contribution in [3.05, 3.63) is 115 Å². The molecule has 0 radical (unpaired) electrons. The number of benzene rings is 5. The molecule has 0 amide bonds. The Labute approximate surface area is 206 Å². The summed E-state index contributed by atoms with van der Waals surface area (Å²) < 4.78 is 2.28. The molecular formula is C33H28N2. The van der Waals surface area contributed by atoms with Gasteiger partial charge in [0.15, 0.2) is 0 Å². The molecule has 0 saturated heterocycles. The Balaban J connectivity index is 1.59. The van der Waals surface area contributed by atoms with Crippen LogP contribution in [0.4, 0.5) is 0 Å². The highest BCUT2D eigenvalue weighted by atomic mass is 15.1. The Bertz CT molecular complexity index is 1720. The Kier molecular flexibility index (Phi) is 5.22. The molecule has 0 N–H and O–H groups in total. The predicted octanol–water partition coefficient (Wildman–Crippen LogP) is 8.77. The van der Waals surface area contributed by atoms with Crippen LogP contribution in [-0.2, 0) is 12.8 Å². The Morgan fingerprint density at radius 3 is 2.34 bits per heavy atom. The van der Waals surface area contributed by atoms with E-state index in [1.807, 2.05) is 6.08 Å². The fourth-order valence-corrected chi connectivity index (χ4v) is 5.48. The van der Waals surface area contributed by atoms with Gasteiger partial charge in [-0.15, -0.1) is 0 Å². The molecule has 35 heavy (non-hydrogen) atoms. The number of imidazole rings is 1. The lowest BCUT2D eigenvalue weighted by atomic mass is 9.87. The molecule has 5 aromatic carbocycles. The highest BCUT2D eigenvalue weighted by molar-refractivity contribution is 6.16. The van der Waals surface area contributed by atoms with Gasteiger partial charge < -0.3 is 0 Å². The molecule has 170 valence electrons. The number of aryl methyl sites for hydroxylation is 2. The monoisotopic (exact) mass is 452 g/mol. The zero-order valence-electron chi connectivity index (χ0n) is 20.3. The van der Waals surface area contributed by atoms with Gasteiger partial charge in [-0.25, -0.2) is 4.98 Å². The van der Waals surface area contributed by atoms with Gasteiger partial charge in [0.2, 0.25) is 0 Å². The molecule has 1 aromatic heterocycles. The summed E-state index contributed by atoms with van der Waals surface area (Å²) in [6.07, 6.45) is 3.85. The van der Waals surface area contributed by atoms with Crippen LogP contribution in [0.3, 0.4) is 0 Å². The topological polar surface area (TPSA) is 17.8 Å². The molecule has 6 aromatic rings. The van der Waals surface area contributed by atoms with Crippen molar-refractivity contribution in [3.63, 3.8) is 0 Å². The SMILES string of the molecule is C=Cc1cc(-c2ccc(-n3c(CC)nc4ccccc43)cc2)c2c(ccc3ccccc32)c1CC. The van der Waals surface area contributed by atoms with E-state index in [-0.39, 0.29) is 0 Å². The highest BCUT2D eigenvalue weighted by Gasteiger charge is 2.15. The van der Waals surface area contributed by atoms with E-state index in [0.717, 1.165) is 35.4 Å². The third-order valence-electron chi connectivity index (χ3n) is 7.13. The number of nitrogens with zero attached hydrogens (tertiary/aromatic N) is 2. The maximum Gasteiger partial charge on any atom is 0.114 e. The maximum absolute atomic E-state index is 4.86. The van der Waals surface area contributed by atoms with Crippen LogP contribution in [0.25, 0.3) is 55.5 Å². The van der Waals surface area contributed by atoms with E-state index in [1.54, 1.807) is 0 Å². The number of para-hydroxylation sites is 2. The van der Waals surface area contributed by atoms with Crippen molar-refractivity contribution in [2.75, 3.05) is 0 Å². The maximum atomic E-state index is 4.86. The lowest BCUT2D eigenvalue weighted by Gasteiger charge is -2.17. The number of aromatic nitrogens is 2. The van der Waals surface area contributed by atoms with Gasteiger partial charge in [0.05, 0.1) is 11.0 Å². The first-order chi connectivity index (χ1) is 17.2. The molecule has 0 aliphatic carbocycles. The number of rotatable bonds is 5.